The fourth-order valence-corrected chi connectivity index (χ4v) is 4.05. The average molecular weight is 372 g/mol. The molecule has 0 unspecified atom stereocenters. The van der Waals surface area contributed by atoms with Crippen LogP contribution in [0.2, 0.25) is 0 Å². The summed E-state index contributed by atoms with van der Waals surface area (Å²) in [4.78, 5) is 12.7. The molecule has 0 amide bonds. The summed E-state index contributed by atoms with van der Waals surface area (Å²) < 4.78 is 51.9. The first-order valence-corrected chi connectivity index (χ1v) is 9.18. The zero-order valence-corrected chi connectivity index (χ0v) is 15.5. The zero-order valence-electron chi connectivity index (χ0n) is 15.5. The Labute approximate surface area is 152 Å². The maximum absolute atomic E-state index is 13.9. The molecule has 0 saturated heterocycles. The van der Waals surface area contributed by atoms with E-state index < -0.39 is 23.9 Å². The van der Waals surface area contributed by atoms with Crippen LogP contribution in [0.1, 0.15) is 51.5 Å². The predicted octanol–water partition coefficient (Wildman–Crippen LogP) is 5.24. The molecule has 146 valence electrons. The van der Waals surface area contributed by atoms with E-state index in [-0.39, 0.29) is 5.56 Å². The maximum Gasteiger partial charge on any atom is 0.432 e. The van der Waals surface area contributed by atoms with Crippen LogP contribution in [0.3, 0.4) is 0 Å². The highest BCUT2D eigenvalue weighted by Crippen LogP contribution is 2.44. The molecule has 0 radical (unpaired) electrons. The Bertz CT molecular complexity index is 588. The SMILES string of the molecule is CC[C@@H]1C[C@H](OC(=O)[C@](OC)(c2ccccc2)C(F)(F)F)CC[C@@H]1CC. The average Bonchev–Trinajstić information content (AvgIpc) is 2.62. The smallest absolute Gasteiger partial charge is 0.432 e. The first-order chi connectivity index (χ1) is 12.3. The van der Waals surface area contributed by atoms with Gasteiger partial charge in [0, 0.05) is 12.7 Å². The summed E-state index contributed by atoms with van der Waals surface area (Å²) in [5.41, 5.74) is -3.37. The van der Waals surface area contributed by atoms with E-state index in [0.717, 1.165) is 26.4 Å². The van der Waals surface area contributed by atoms with Crippen LogP contribution < -0.4 is 0 Å². The highest BCUT2D eigenvalue weighted by atomic mass is 19.4. The van der Waals surface area contributed by atoms with Gasteiger partial charge in [-0.1, -0.05) is 57.0 Å². The molecule has 26 heavy (non-hydrogen) atoms. The molecular formula is C20H27F3O3. The van der Waals surface area contributed by atoms with Crippen molar-refractivity contribution >= 4 is 5.97 Å². The van der Waals surface area contributed by atoms with Gasteiger partial charge in [0.25, 0.3) is 5.60 Å². The third-order valence-corrected chi connectivity index (χ3v) is 5.59. The highest BCUT2D eigenvalue weighted by Gasteiger charge is 2.64. The molecule has 0 spiro atoms. The maximum atomic E-state index is 13.9. The summed E-state index contributed by atoms with van der Waals surface area (Å²) in [6.07, 6.45) is -1.40. The minimum Gasteiger partial charge on any atom is -0.460 e. The molecule has 1 fully saturated rings. The lowest BCUT2D eigenvalue weighted by molar-refractivity contribution is -0.278. The number of carbonyl (C=O) groups excluding carboxylic acids is 1. The topological polar surface area (TPSA) is 35.5 Å². The Morgan fingerprint density at radius 3 is 2.19 bits per heavy atom. The van der Waals surface area contributed by atoms with E-state index in [9.17, 15) is 18.0 Å². The van der Waals surface area contributed by atoms with Crippen LogP contribution in [0.5, 0.6) is 0 Å². The van der Waals surface area contributed by atoms with Crippen LogP contribution in [-0.2, 0) is 19.9 Å². The molecule has 1 saturated carbocycles. The molecule has 0 N–H and O–H groups in total. The van der Waals surface area contributed by atoms with Crippen molar-refractivity contribution in [1.29, 1.82) is 0 Å². The summed E-state index contributed by atoms with van der Waals surface area (Å²) in [5, 5.41) is 0. The molecule has 0 aromatic heterocycles. The summed E-state index contributed by atoms with van der Waals surface area (Å²) in [6.45, 7) is 4.19. The summed E-state index contributed by atoms with van der Waals surface area (Å²) in [7, 11) is 0.893. The molecule has 4 atom stereocenters. The third-order valence-electron chi connectivity index (χ3n) is 5.59. The second-order valence-corrected chi connectivity index (χ2v) is 6.93. The van der Waals surface area contributed by atoms with Crippen molar-refractivity contribution in [2.24, 2.45) is 11.8 Å². The van der Waals surface area contributed by atoms with Gasteiger partial charge in [0.15, 0.2) is 0 Å². The number of methoxy groups -OCH3 is 1. The summed E-state index contributed by atoms with van der Waals surface area (Å²) in [5.74, 6) is -0.474. The molecule has 1 aromatic rings. The number of halogens is 3. The molecule has 0 heterocycles. The van der Waals surface area contributed by atoms with Crippen LogP contribution in [-0.4, -0.2) is 25.4 Å². The van der Waals surface area contributed by atoms with Gasteiger partial charge in [0.1, 0.15) is 6.10 Å². The Morgan fingerprint density at radius 1 is 1.08 bits per heavy atom. The van der Waals surface area contributed by atoms with Gasteiger partial charge >= 0.3 is 12.1 Å². The molecule has 1 aromatic carbocycles. The monoisotopic (exact) mass is 372 g/mol. The van der Waals surface area contributed by atoms with E-state index in [1.54, 1.807) is 6.07 Å². The van der Waals surface area contributed by atoms with Crippen LogP contribution in [0.15, 0.2) is 30.3 Å². The van der Waals surface area contributed by atoms with Crippen molar-refractivity contribution in [3.63, 3.8) is 0 Å². The van der Waals surface area contributed by atoms with E-state index in [4.69, 9.17) is 9.47 Å². The number of benzene rings is 1. The lowest BCUT2D eigenvalue weighted by Gasteiger charge is -2.38. The van der Waals surface area contributed by atoms with Gasteiger partial charge in [0.05, 0.1) is 0 Å². The van der Waals surface area contributed by atoms with Gasteiger partial charge in [-0.3, -0.25) is 0 Å². The van der Waals surface area contributed by atoms with Gasteiger partial charge in [-0.05, 0) is 31.1 Å². The van der Waals surface area contributed by atoms with Gasteiger partial charge in [-0.25, -0.2) is 4.79 Å². The fraction of sp³-hybridized carbons (Fsp3) is 0.650. The Kier molecular flexibility index (Phi) is 6.72. The minimum absolute atomic E-state index is 0.269. The predicted molar refractivity (Wildman–Crippen MR) is 92.5 cm³/mol. The lowest BCUT2D eigenvalue weighted by Crippen LogP contribution is -2.52. The molecule has 0 bridgehead atoms. The normalized spacial score (nSPS) is 26.2. The Morgan fingerprint density at radius 2 is 1.69 bits per heavy atom. The van der Waals surface area contributed by atoms with Crippen LogP contribution in [0, 0.1) is 11.8 Å². The number of esters is 1. The third kappa shape index (κ3) is 3.90. The number of carbonyl (C=O) groups is 1. The molecule has 1 aliphatic carbocycles. The lowest BCUT2D eigenvalue weighted by atomic mass is 9.75. The van der Waals surface area contributed by atoms with Gasteiger partial charge in [-0.2, -0.15) is 13.2 Å². The molecule has 1 aliphatic rings. The molecular weight excluding hydrogens is 345 g/mol. The highest BCUT2D eigenvalue weighted by molar-refractivity contribution is 5.82. The fourth-order valence-electron chi connectivity index (χ4n) is 4.05. The number of hydrogen-bond donors (Lipinski definition) is 0. The first-order valence-electron chi connectivity index (χ1n) is 9.18. The van der Waals surface area contributed by atoms with E-state index in [0.29, 0.717) is 24.7 Å². The Balaban J connectivity index is 2.26. The first kappa shape index (κ1) is 20.7. The van der Waals surface area contributed by atoms with Crippen molar-refractivity contribution in [1.82, 2.24) is 0 Å². The van der Waals surface area contributed by atoms with E-state index >= 15 is 0 Å². The quantitative estimate of drug-likeness (QED) is 0.641. The van der Waals surface area contributed by atoms with E-state index in [1.807, 2.05) is 0 Å². The number of rotatable bonds is 6. The minimum atomic E-state index is -4.93. The van der Waals surface area contributed by atoms with Gasteiger partial charge in [0.2, 0.25) is 0 Å². The van der Waals surface area contributed by atoms with Gasteiger partial charge in [-0.15, -0.1) is 0 Å². The number of alkyl halides is 3. The van der Waals surface area contributed by atoms with Crippen molar-refractivity contribution in [2.75, 3.05) is 7.11 Å². The van der Waals surface area contributed by atoms with Gasteiger partial charge < -0.3 is 9.47 Å². The van der Waals surface area contributed by atoms with Crippen molar-refractivity contribution < 1.29 is 27.4 Å². The number of hydrogen-bond acceptors (Lipinski definition) is 3. The van der Waals surface area contributed by atoms with E-state index in [2.05, 4.69) is 13.8 Å². The van der Waals surface area contributed by atoms with Crippen molar-refractivity contribution in [3.05, 3.63) is 35.9 Å². The molecule has 6 heteroatoms. The van der Waals surface area contributed by atoms with E-state index in [1.165, 1.54) is 24.3 Å². The molecule has 3 nitrogen and oxygen atoms in total. The zero-order chi connectivity index (χ0) is 19.4. The summed E-state index contributed by atoms with van der Waals surface area (Å²) >= 11 is 0. The standard InChI is InChI=1S/C20H27F3O3/c1-4-14-11-12-17(13-15(14)5-2)26-18(24)19(25-3,20(21,22)23)16-9-7-6-8-10-16/h6-10,14-15,17H,4-5,11-13H2,1-3H3/t14-,15+,17+,19+/m0/s1. The number of ether oxygens (including phenoxy) is 2. The summed E-state index contributed by atoms with van der Waals surface area (Å²) in [6, 6.07) is 6.95. The largest absolute Gasteiger partial charge is 0.460 e. The second-order valence-electron chi connectivity index (χ2n) is 6.93. The Hall–Kier alpha value is -1.56. The van der Waals surface area contributed by atoms with Crippen LogP contribution in [0.25, 0.3) is 0 Å². The van der Waals surface area contributed by atoms with Crippen molar-refractivity contribution in [3.8, 4) is 0 Å². The van der Waals surface area contributed by atoms with Crippen LogP contribution in [0.4, 0.5) is 13.2 Å². The van der Waals surface area contributed by atoms with Crippen LogP contribution >= 0.6 is 0 Å². The molecule has 2 rings (SSSR count). The van der Waals surface area contributed by atoms with Crippen molar-refractivity contribution in [2.45, 2.75) is 63.8 Å². The second kappa shape index (κ2) is 8.42. The molecule has 0 aliphatic heterocycles.